The van der Waals surface area contributed by atoms with Crippen molar-refractivity contribution in [2.75, 3.05) is 52.9 Å². The lowest BCUT2D eigenvalue weighted by Crippen LogP contribution is -2.42. The van der Waals surface area contributed by atoms with Gasteiger partial charge in [0.05, 0.1) is 26.4 Å². The van der Waals surface area contributed by atoms with Crippen molar-refractivity contribution in [3.8, 4) is 23.0 Å². The zero-order chi connectivity index (χ0) is 38.6. The molecule has 0 spiro atoms. The molecule has 4 saturated heterocycles. The molecular formula is C50H56O8. The summed E-state index contributed by atoms with van der Waals surface area (Å²) in [4.78, 5) is 0. The lowest BCUT2D eigenvalue weighted by molar-refractivity contribution is 0.0284. The Kier molecular flexibility index (Phi) is 9.88. The van der Waals surface area contributed by atoms with Crippen LogP contribution in [0.5, 0.6) is 23.0 Å². The summed E-state index contributed by atoms with van der Waals surface area (Å²) < 4.78 is 45.9. The average Bonchev–Trinajstić information content (AvgIpc) is 4.04. The monoisotopic (exact) mass is 784 g/mol. The fourth-order valence-corrected chi connectivity index (χ4v) is 11.3. The van der Waals surface area contributed by atoms with Gasteiger partial charge in [-0.05, 0) is 138 Å². The van der Waals surface area contributed by atoms with E-state index in [1.165, 1.54) is 54.4 Å². The average molecular weight is 785 g/mol. The Bertz CT molecular complexity index is 1880. The Morgan fingerprint density at radius 3 is 1.26 bits per heavy atom. The number of epoxide rings is 4. The van der Waals surface area contributed by atoms with Crippen molar-refractivity contribution in [1.29, 1.82) is 0 Å². The van der Waals surface area contributed by atoms with Crippen LogP contribution in [-0.4, -0.2) is 77.3 Å². The molecule has 7 aliphatic rings. The van der Waals surface area contributed by atoms with Gasteiger partial charge in [-0.3, -0.25) is 0 Å². The molecule has 4 aromatic rings. The second kappa shape index (κ2) is 15.5. The standard InChI is InChI=1S/C50H56O8/c1-50(49(33-6-14-38(15-7-33)53-25-42-29-57-42)34-8-16-39(17-9-34)54-26-43-30-58-43)19-18-44-35-20-45(47(44)22-50)46(21-35)48(31-2-10-36(11-3-31)51-23-40-27-55-40)32-4-12-37(13-5-32)52-24-41-28-56-41/h2-17,35,40-49H,18-30H2,1H3. The van der Waals surface area contributed by atoms with E-state index in [4.69, 9.17) is 37.9 Å². The number of hydrogen-bond donors (Lipinski definition) is 0. The van der Waals surface area contributed by atoms with E-state index in [1.54, 1.807) is 0 Å². The first kappa shape index (κ1) is 37.0. The van der Waals surface area contributed by atoms with Gasteiger partial charge in [-0.25, -0.2) is 0 Å². The van der Waals surface area contributed by atoms with Crippen LogP contribution in [0.3, 0.4) is 0 Å². The molecule has 58 heavy (non-hydrogen) atoms. The molecule has 0 N–H and O–H groups in total. The van der Waals surface area contributed by atoms with Crippen molar-refractivity contribution >= 4 is 0 Å². The molecule has 4 aliphatic heterocycles. The van der Waals surface area contributed by atoms with Gasteiger partial charge in [-0.15, -0.1) is 0 Å². The quantitative estimate of drug-likeness (QED) is 0.0926. The summed E-state index contributed by atoms with van der Waals surface area (Å²) in [6.45, 7) is 8.25. The number of ether oxygens (including phenoxy) is 8. The number of rotatable bonds is 18. The van der Waals surface area contributed by atoms with Crippen molar-refractivity contribution in [2.24, 2.45) is 35.0 Å². The lowest BCUT2D eigenvalue weighted by atomic mass is 9.53. The predicted molar refractivity (Wildman–Crippen MR) is 219 cm³/mol. The first-order valence-corrected chi connectivity index (χ1v) is 21.9. The SMILES string of the molecule is CC1(C(c2ccc(OCC3CO3)cc2)c2ccc(OCC3CO3)cc2)CCC2C3CC(C(c4ccc(OCC5CO5)cc4)c4ccc(OCC5CO5)cc4)C(C3)C2C1. The molecule has 304 valence electrons. The second-order valence-electron chi connectivity index (χ2n) is 18.5. The van der Waals surface area contributed by atoms with Gasteiger partial charge < -0.3 is 37.9 Å². The van der Waals surface area contributed by atoms with Crippen LogP contribution in [0, 0.1) is 35.0 Å². The van der Waals surface area contributed by atoms with E-state index in [0.717, 1.165) is 61.3 Å². The maximum absolute atomic E-state index is 6.09. The Balaban J connectivity index is 0.875. The molecule has 8 heteroatoms. The maximum Gasteiger partial charge on any atom is 0.119 e. The van der Waals surface area contributed by atoms with E-state index in [2.05, 4.69) is 104 Å². The van der Waals surface area contributed by atoms with Gasteiger partial charge in [0.15, 0.2) is 0 Å². The molecular weight excluding hydrogens is 729 g/mol. The highest BCUT2D eigenvalue weighted by Crippen LogP contribution is 2.67. The zero-order valence-electron chi connectivity index (χ0n) is 33.5. The van der Waals surface area contributed by atoms with Crippen molar-refractivity contribution in [1.82, 2.24) is 0 Å². The van der Waals surface area contributed by atoms with Gasteiger partial charge >= 0.3 is 0 Å². The molecule has 7 fully saturated rings. The third-order valence-electron chi connectivity index (χ3n) is 14.5. The first-order valence-electron chi connectivity index (χ1n) is 21.9. The summed E-state index contributed by atoms with van der Waals surface area (Å²) in [6.07, 6.45) is 7.35. The van der Waals surface area contributed by atoms with Crippen LogP contribution in [0.15, 0.2) is 97.1 Å². The van der Waals surface area contributed by atoms with Crippen LogP contribution in [-0.2, 0) is 18.9 Å². The molecule has 10 unspecified atom stereocenters. The molecule has 8 nitrogen and oxygen atoms in total. The summed E-state index contributed by atoms with van der Waals surface area (Å²) in [7, 11) is 0. The molecule has 0 radical (unpaired) electrons. The van der Waals surface area contributed by atoms with E-state index in [1.807, 2.05) is 0 Å². The summed E-state index contributed by atoms with van der Waals surface area (Å²) in [5, 5.41) is 0. The minimum atomic E-state index is 0.0919. The molecule has 11 rings (SSSR count). The molecule has 0 aromatic heterocycles. The van der Waals surface area contributed by atoms with Crippen LogP contribution >= 0.6 is 0 Å². The van der Waals surface area contributed by atoms with Crippen LogP contribution in [0.4, 0.5) is 0 Å². The molecule has 4 heterocycles. The Hall–Kier alpha value is -4.08. The van der Waals surface area contributed by atoms with Crippen molar-refractivity contribution in [3.05, 3.63) is 119 Å². The summed E-state index contributed by atoms with van der Waals surface area (Å²) in [6, 6.07) is 35.9. The Morgan fingerprint density at radius 2 is 0.879 bits per heavy atom. The summed E-state index contributed by atoms with van der Waals surface area (Å²) in [5.41, 5.74) is 5.58. The molecule has 10 atom stereocenters. The smallest absolute Gasteiger partial charge is 0.119 e. The van der Waals surface area contributed by atoms with E-state index in [9.17, 15) is 0 Å². The largest absolute Gasteiger partial charge is 0.491 e. The Labute approximate surface area is 342 Å². The van der Waals surface area contributed by atoms with Crippen LogP contribution < -0.4 is 18.9 Å². The second-order valence-corrected chi connectivity index (χ2v) is 18.5. The van der Waals surface area contributed by atoms with E-state index >= 15 is 0 Å². The zero-order valence-corrected chi connectivity index (χ0v) is 33.5. The fraction of sp³-hybridized carbons (Fsp3) is 0.520. The van der Waals surface area contributed by atoms with Crippen molar-refractivity contribution < 1.29 is 37.9 Å². The van der Waals surface area contributed by atoms with E-state index in [-0.39, 0.29) is 35.7 Å². The minimum Gasteiger partial charge on any atom is -0.491 e. The van der Waals surface area contributed by atoms with Gasteiger partial charge in [0.2, 0.25) is 0 Å². The van der Waals surface area contributed by atoms with Crippen LogP contribution in [0.25, 0.3) is 0 Å². The Morgan fingerprint density at radius 1 is 0.500 bits per heavy atom. The fourth-order valence-electron chi connectivity index (χ4n) is 11.3. The first-order chi connectivity index (χ1) is 28.5. The highest BCUT2D eigenvalue weighted by Gasteiger charge is 2.58. The van der Waals surface area contributed by atoms with E-state index in [0.29, 0.717) is 50.1 Å². The molecule has 0 amide bonds. The van der Waals surface area contributed by atoms with Crippen molar-refractivity contribution in [2.45, 2.75) is 75.3 Å². The normalized spacial score (nSPS) is 33.4. The maximum atomic E-state index is 6.09. The van der Waals surface area contributed by atoms with Crippen LogP contribution in [0.2, 0.25) is 0 Å². The summed E-state index contributed by atoms with van der Waals surface area (Å²) >= 11 is 0. The number of hydrogen-bond acceptors (Lipinski definition) is 8. The molecule has 2 bridgehead atoms. The molecule has 3 aliphatic carbocycles. The lowest BCUT2D eigenvalue weighted by Gasteiger charge is -2.51. The third-order valence-corrected chi connectivity index (χ3v) is 14.5. The van der Waals surface area contributed by atoms with Gasteiger partial charge in [0.1, 0.15) is 73.8 Å². The molecule has 3 saturated carbocycles. The topological polar surface area (TPSA) is 87.0 Å². The highest BCUT2D eigenvalue weighted by molar-refractivity contribution is 5.42. The van der Waals surface area contributed by atoms with Crippen molar-refractivity contribution in [3.63, 3.8) is 0 Å². The van der Waals surface area contributed by atoms with Gasteiger partial charge in [0, 0.05) is 11.8 Å². The van der Waals surface area contributed by atoms with Gasteiger partial charge in [0.25, 0.3) is 0 Å². The number of benzene rings is 4. The highest BCUT2D eigenvalue weighted by atomic mass is 16.6. The predicted octanol–water partition coefficient (Wildman–Crippen LogP) is 8.84. The van der Waals surface area contributed by atoms with E-state index < -0.39 is 0 Å². The summed E-state index contributed by atoms with van der Waals surface area (Å²) in [5.74, 6) is 7.74. The minimum absolute atomic E-state index is 0.0919. The van der Waals surface area contributed by atoms with Crippen LogP contribution in [0.1, 0.15) is 73.1 Å². The van der Waals surface area contributed by atoms with Gasteiger partial charge in [-0.1, -0.05) is 55.5 Å². The number of fused-ring (bicyclic) bond motifs is 5. The third kappa shape index (κ3) is 8.10. The molecule has 4 aromatic carbocycles. The van der Waals surface area contributed by atoms with Gasteiger partial charge in [-0.2, -0.15) is 0 Å².